The highest BCUT2D eigenvalue weighted by molar-refractivity contribution is 5.87. The van der Waals surface area contributed by atoms with Gasteiger partial charge in [0.1, 0.15) is 5.60 Å². The number of ether oxygens (including phenoxy) is 1. The molecule has 0 fully saturated rings. The number of carboxylic acids is 1. The van der Waals surface area contributed by atoms with Crippen molar-refractivity contribution in [2.75, 3.05) is 0 Å². The third-order valence-corrected chi connectivity index (χ3v) is 2.11. The molecule has 0 bridgehead atoms. The summed E-state index contributed by atoms with van der Waals surface area (Å²) in [6.07, 6.45) is 2.03. The highest BCUT2D eigenvalue weighted by Gasteiger charge is 2.24. The number of nitrogens with one attached hydrogen (secondary N) is 1. The van der Waals surface area contributed by atoms with Gasteiger partial charge in [0.2, 0.25) is 0 Å². The van der Waals surface area contributed by atoms with Gasteiger partial charge >= 0.3 is 12.1 Å². The second-order valence-corrected chi connectivity index (χ2v) is 4.82. The van der Waals surface area contributed by atoms with Gasteiger partial charge in [0, 0.05) is 11.6 Å². The molecule has 90 valence electrons. The predicted octanol–water partition coefficient (Wildman–Crippen LogP) is 1.68. The standard InChI is InChI=1S/C11H17NO4/c1-11(2,3)16-10(15)12-8-5-4-7(6-8)9(13)14/h4,8H,5-6H2,1-3H3,(H,12,15)(H,13,14). The van der Waals surface area contributed by atoms with E-state index in [1.54, 1.807) is 26.8 Å². The van der Waals surface area contributed by atoms with Gasteiger partial charge in [-0.1, -0.05) is 6.08 Å². The molecule has 2 N–H and O–H groups in total. The Morgan fingerprint density at radius 2 is 2.12 bits per heavy atom. The van der Waals surface area contributed by atoms with Crippen molar-refractivity contribution >= 4 is 12.1 Å². The molecule has 0 aliphatic heterocycles. The largest absolute Gasteiger partial charge is 0.478 e. The van der Waals surface area contributed by atoms with E-state index < -0.39 is 17.7 Å². The lowest BCUT2D eigenvalue weighted by molar-refractivity contribution is -0.132. The van der Waals surface area contributed by atoms with Crippen LogP contribution in [0.15, 0.2) is 11.6 Å². The fraction of sp³-hybridized carbons (Fsp3) is 0.636. The zero-order valence-corrected chi connectivity index (χ0v) is 9.74. The Bertz CT molecular complexity index is 327. The number of amides is 1. The number of carbonyl (C=O) groups is 2. The summed E-state index contributed by atoms with van der Waals surface area (Å²) in [5.74, 6) is -0.923. The van der Waals surface area contributed by atoms with Crippen LogP contribution in [0, 0.1) is 0 Å². The average Bonchev–Trinajstić information content (AvgIpc) is 2.48. The van der Waals surface area contributed by atoms with Crippen LogP contribution in [0.5, 0.6) is 0 Å². The molecule has 0 saturated carbocycles. The molecule has 0 heterocycles. The van der Waals surface area contributed by atoms with E-state index in [9.17, 15) is 9.59 Å². The lowest BCUT2D eigenvalue weighted by Gasteiger charge is -2.21. The van der Waals surface area contributed by atoms with Crippen molar-refractivity contribution < 1.29 is 19.4 Å². The number of carbonyl (C=O) groups excluding carboxylic acids is 1. The van der Waals surface area contributed by atoms with Crippen LogP contribution in [0.25, 0.3) is 0 Å². The van der Waals surface area contributed by atoms with E-state index in [1.807, 2.05) is 0 Å². The zero-order valence-electron chi connectivity index (χ0n) is 9.74. The fourth-order valence-corrected chi connectivity index (χ4v) is 1.48. The van der Waals surface area contributed by atoms with E-state index >= 15 is 0 Å². The molecular formula is C11H17NO4. The lowest BCUT2D eigenvalue weighted by atomic mass is 10.2. The molecule has 0 aromatic heterocycles. The van der Waals surface area contributed by atoms with Gasteiger partial charge in [0.15, 0.2) is 0 Å². The molecule has 1 amide bonds. The van der Waals surface area contributed by atoms with Crippen LogP contribution < -0.4 is 5.32 Å². The number of alkyl carbamates (subject to hydrolysis) is 1. The molecule has 1 aliphatic rings. The van der Waals surface area contributed by atoms with Gasteiger partial charge in [-0.15, -0.1) is 0 Å². The Balaban J connectivity index is 2.37. The number of rotatable bonds is 2. The van der Waals surface area contributed by atoms with Crippen molar-refractivity contribution in [3.63, 3.8) is 0 Å². The quantitative estimate of drug-likeness (QED) is 0.752. The van der Waals surface area contributed by atoms with Gasteiger partial charge < -0.3 is 15.2 Å². The third kappa shape index (κ3) is 3.92. The van der Waals surface area contributed by atoms with Gasteiger partial charge in [-0.25, -0.2) is 9.59 Å². The third-order valence-electron chi connectivity index (χ3n) is 2.11. The Morgan fingerprint density at radius 1 is 1.50 bits per heavy atom. The predicted molar refractivity (Wildman–Crippen MR) is 58.1 cm³/mol. The molecule has 0 aromatic rings. The molecule has 1 rings (SSSR count). The molecule has 1 unspecified atom stereocenters. The van der Waals surface area contributed by atoms with Crippen LogP contribution in [-0.4, -0.2) is 28.8 Å². The molecule has 1 atom stereocenters. The summed E-state index contributed by atoms with van der Waals surface area (Å²) in [5.41, 5.74) is -0.188. The molecule has 5 nitrogen and oxygen atoms in total. The normalized spacial score (nSPS) is 20.2. The van der Waals surface area contributed by atoms with Gasteiger partial charge in [-0.2, -0.15) is 0 Å². The van der Waals surface area contributed by atoms with Crippen LogP contribution in [0.3, 0.4) is 0 Å². The number of carboxylic acid groups (broad SMARTS) is 1. The summed E-state index contributed by atoms with van der Waals surface area (Å²) in [7, 11) is 0. The minimum atomic E-state index is -0.923. The molecule has 1 aliphatic carbocycles. The monoisotopic (exact) mass is 227 g/mol. The van der Waals surface area contributed by atoms with Crippen molar-refractivity contribution in [1.82, 2.24) is 5.32 Å². The SMILES string of the molecule is CC(C)(C)OC(=O)NC1CC=C(C(=O)O)C1. The van der Waals surface area contributed by atoms with E-state index in [0.717, 1.165) is 0 Å². The second kappa shape index (κ2) is 4.55. The second-order valence-electron chi connectivity index (χ2n) is 4.82. The summed E-state index contributed by atoms with van der Waals surface area (Å²) in [5, 5.41) is 11.4. The first-order valence-corrected chi connectivity index (χ1v) is 5.20. The summed E-state index contributed by atoms with van der Waals surface area (Å²) < 4.78 is 5.07. The Kier molecular flexibility index (Phi) is 3.57. The van der Waals surface area contributed by atoms with Crippen LogP contribution in [0.1, 0.15) is 33.6 Å². The van der Waals surface area contributed by atoms with Crippen LogP contribution in [-0.2, 0) is 9.53 Å². The van der Waals surface area contributed by atoms with Crippen LogP contribution >= 0.6 is 0 Å². The van der Waals surface area contributed by atoms with Crippen molar-refractivity contribution in [2.45, 2.75) is 45.3 Å². The smallest absolute Gasteiger partial charge is 0.407 e. The van der Waals surface area contributed by atoms with E-state index in [0.29, 0.717) is 18.4 Å². The Hall–Kier alpha value is -1.52. The van der Waals surface area contributed by atoms with Gasteiger partial charge in [-0.05, 0) is 33.6 Å². The topological polar surface area (TPSA) is 75.6 Å². The summed E-state index contributed by atoms with van der Waals surface area (Å²) in [6, 6.07) is -0.166. The van der Waals surface area contributed by atoms with Crippen molar-refractivity contribution in [3.05, 3.63) is 11.6 Å². The number of aliphatic carboxylic acids is 1. The molecule has 5 heteroatoms. The first-order chi connectivity index (χ1) is 7.28. The molecule has 0 saturated heterocycles. The van der Waals surface area contributed by atoms with Crippen molar-refractivity contribution in [2.24, 2.45) is 0 Å². The summed E-state index contributed by atoms with van der Waals surface area (Å²) in [4.78, 5) is 22.0. The maximum Gasteiger partial charge on any atom is 0.407 e. The molecular weight excluding hydrogens is 210 g/mol. The minimum Gasteiger partial charge on any atom is -0.478 e. The summed E-state index contributed by atoms with van der Waals surface area (Å²) in [6.45, 7) is 5.34. The van der Waals surface area contributed by atoms with E-state index in [-0.39, 0.29) is 6.04 Å². The average molecular weight is 227 g/mol. The van der Waals surface area contributed by atoms with Crippen molar-refractivity contribution in [1.29, 1.82) is 0 Å². The van der Waals surface area contributed by atoms with E-state index in [2.05, 4.69) is 5.32 Å². The van der Waals surface area contributed by atoms with E-state index in [1.165, 1.54) is 0 Å². The number of hydrogen-bond acceptors (Lipinski definition) is 3. The first kappa shape index (κ1) is 12.5. The molecule has 16 heavy (non-hydrogen) atoms. The molecule has 0 spiro atoms. The van der Waals surface area contributed by atoms with Gasteiger partial charge in [-0.3, -0.25) is 0 Å². The fourth-order valence-electron chi connectivity index (χ4n) is 1.48. The molecule has 0 aromatic carbocycles. The number of hydrogen-bond donors (Lipinski definition) is 2. The van der Waals surface area contributed by atoms with Gasteiger partial charge in [0.05, 0.1) is 0 Å². The molecule has 0 radical (unpaired) electrons. The minimum absolute atomic E-state index is 0.166. The van der Waals surface area contributed by atoms with Crippen LogP contribution in [0.2, 0.25) is 0 Å². The van der Waals surface area contributed by atoms with Crippen LogP contribution in [0.4, 0.5) is 4.79 Å². The Morgan fingerprint density at radius 3 is 2.56 bits per heavy atom. The first-order valence-electron chi connectivity index (χ1n) is 5.20. The maximum atomic E-state index is 11.4. The highest BCUT2D eigenvalue weighted by atomic mass is 16.6. The Labute approximate surface area is 94.5 Å². The maximum absolute atomic E-state index is 11.4. The summed E-state index contributed by atoms with van der Waals surface area (Å²) >= 11 is 0. The van der Waals surface area contributed by atoms with E-state index in [4.69, 9.17) is 9.84 Å². The zero-order chi connectivity index (χ0) is 12.3. The highest BCUT2D eigenvalue weighted by Crippen LogP contribution is 2.19. The van der Waals surface area contributed by atoms with Crippen molar-refractivity contribution in [3.8, 4) is 0 Å². The van der Waals surface area contributed by atoms with Gasteiger partial charge in [0.25, 0.3) is 0 Å². The lowest BCUT2D eigenvalue weighted by Crippen LogP contribution is -2.38.